The van der Waals surface area contributed by atoms with E-state index in [4.69, 9.17) is 0 Å². The van der Waals surface area contributed by atoms with Crippen LogP contribution in [0.2, 0.25) is 0 Å². The summed E-state index contributed by atoms with van der Waals surface area (Å²) in [4.78, 5) is 27.7. The molecule has 7 nitrogen and oxygen atoms in total. The van der Waals surface area contributed by atoms with Gasteiger partial charge in [-0.2, -0.15) is 5.10 Å². The summed E-state index contributed by atoms with van der Waals surface area (Å²) in [6, 6.07) is 5.37. The minimum absolute atomic E-state index is 0.206. The van der Waals surface area contributed by atoms with Crippen LogP contribution >= 0.6 is 0 Å². The van der Waals surface area contributed by atoms with Crippen LogP contribution in [0, 0.1) is 13.8 Å². The zero-order chi connectivity index (χ0) is 15.4. The van der Waals surface area contributed by atoms with Crippen LogP contribution in [0.1, 0.15) is 17.1 Å². The van der Waals surface area contributed by atoms with Gasteiger partial charge in [0.25, 0.3) is 0 Å². The third-order valence-electron chi connectivity index (χ3n) is 3.11. The zero-order valence-corrected chi connectivity index (χ0v) is 12.2. The Morgan fingerprint density at radius 1 is 1.24 bits per heavy atom. The van der Waals surface area contributed by atoms with Crippen molar-refractivity contribution in [2.24, 2.45) is 7.05 Å². The van der Waals surface area contributed by atoms with Gasteiger partial charge in [-0.3, -0.25) is 19.3 Å². The second-order valence-corrected chi connectivity index (χ2v) is 4.63. The number of aryl methyl sites for hydroxylation is 2. The predicted octanol–water partition coefficient (Wildman–Crippen LogP) is 0.687. The maximum atomic E-state index is 11.9. The van der Waals surface area contributed by atoms with Gasteiger partial charge >= 0.3 is 11.8 Å². The van der Waals surface area contributed by atoms with Gasteiger partial charge in [0.1, 0.15) is 0 Å². The summed E-state index contributed by atoms with van der Waals surface area (Å²) in [7, 11) is 1.78. The minimum Gasteiger partial charge on any atom is -0.342 e. The largest absolute Gasteiger partial charge is 0.342 e. The van der Waals surface area contributed by atoms with Crippen LogP contribution in [0.3, 0.4) is 0 Å². The molecule has 0 unspecified atom stereocenters. The third kappa shape index (κ3) is 3.44. The number of carbonyl (C=O) groups is 2. The van der Waals surface area contributed by atoms with Crippen molar-refractivity contribution in [1.82, 2.24) is 20.1 Å². The van der Waals surface area contributed by atoms with E-state index in [1.54, 1.807) is 37.0 Å². The monoisotopic (exact) mass is 287 g/mol. The van der Waals surface area contributed by atoms with Crippen molar-refractivity contribution < 1.29 is 9.59 Å². The first-order valence-corrected chi connectivity index (χ1v) is 6.48. The maximum Gasteiger partial charge on any atom is 0.313 e. The van der Waals surface area contributed by atoms with Gasteiger partial charge in [-0.1, -0.05) is 6.07 Å². The lowest BCUT2D eigenvalue weighted by molar-refractivity contribution is -0.136. The van der Waals surface area contributed by atoms with E-state index >= 15 is 0 Å². The van der Waals surface area contributed by atoms with Gasteiger partial charge in [-0.25, -0.2) is 0 Å². The number of nitrogens with one attached hydrogen (secondary N) is 2. The second-order valence-electron chi connectivity index (χ2n) is 4.63. The molecule has 2 aromatic rings. The van der Waals surface area contributed by atoms with Crippen molar-refractivity contribution in [3.05, 3.63) is 41.5 Å². The fourth-order valence-corrected chi connectivity index (χ4v) is 1.88. The topological polar surface area (TPSA) is 88.9 Å². The lowest BCUT2D eigenvalue weighted by Gasteiger charge is -2.06. The van der Waals surface area contributed by atoms with Crippen LogP contribution in [0.4, 0.5) is 5.69 Å². The first-order chi connectivity index (χ1) is 9.99. The molecule has 2 rings (SSSR count). The highest BCUT2D eigenvalue weighted by Gasteiger charge is 2.18. The molecule has 2 N–H and O–H groups in total. The SMILES string of the molecule is Cc1nn(C)c(C)c1NC(=O)C(=O)NCc1ccccn1. The van der Waals surface area contributed by atoms with Crippen molar-refractivity contribution >= 4 is 17.5 Å². The van der Waals surface area contributed by atoms with E-state index in [1.807, 2.05) is 13.0 Å². The Bertz CT molecular complexity index is 664. The minimum atomic E-state index is -0.717. The van der Waals surface area contributed by atoms with Gasteiger partial charge in [-0.05, 0) is 26.0 Å². The molecule has 0 saturated carbocycles. The number of anilines is 1. The maximum absolute atomic E-state index is 11.9. The lowest BCUT2D eigenvalue weighted by atomic mass is 10.3. The summed E-state index contributed by atoms with van der Waals surface area (Å²) < 4.78 is 1.65. The van der Waals surface area contributed by atoms with Crippen molar-refractivity contribution in [3.63, 3.8) is 0 Å². The molecule has 110 valence electrons. The van der Waals surface area contributed by atoms with E-state index in [9.17, 15) is 9.59 Å². The van der Waals surface area contributed by atoms with E-state index in [1.165, 1.54) is 0 Å². The van der Waals surface area contributed by atoms with Crippen molar-refractivity contribution in [3.8, 4) is 0 Å². The standard InChI is InChI=1S/C14H17N5O2/c1-9-12(10(2)19(3)18-9)17-14(21)13(20)16-8-11-6-4-5-7-15-11/h4-7H,8H2,1-3H3,(H,16,20)(H,17,21). The number of hydrogen-bond acceptors (Lipinski definition) is 4. The number of nitrogens with zero attached hydrogens (tertiary/aromatic N) is 3. The van der Waals surface area contributed by atoms with Crippen LogP contribution in [0.5, 0.6) is 0 Å². The molecule has 2 amide bonds. The summed E-state index contributed by atoms with van der Waals surface area (Å²) in [5, 5.41) is 9.28. The highest BCUT2D eigenvalue weighted by Crippen LogP contribution is 2.17. The van der Waals surface area contributed by atoms with Gasteiger partial charge < -0.3 is 10.6 Å². The lowest BCUT2D eigenvalue weighted by Crippen LogP contribution is -2.35. The van der Waals surface area contributed by atoms with Crippen LogP contribution in [-0.4, -0.2) is 26.6 Å². The summed E-state index contributed by atoms with van der Waals surface area (Å²) in [5.41, 5.74) is 2.71. The molecule has 0 aliphatic carbocycles. The number of pyridine rings is 1. The van der Waals surface area contributed by atoms with E-state index < -0.39 is 11.8 Å². The fourth-order valence-electron chi connectivity index (χ4n) is 1.88. The molecular weight excluding hydrogens is 270 g/mol. The molecule has 0 saturated heterocycles. The Morgan fingerprint density at radius 2 is 2.00 bits per heavy atom. The van der Waals surface area contributed by atoms with Crippen LogP contribution in [0.25, 0.3) is 0 Å². The summed E-state index contributed by atoms with van der Waals surface area (Å²) >= 11 is 0. The predicted molar refractivity (Wildman–Crippen MR) is 77.4 cm³/mol. The van der Waals surface area contributed by atoms with Crippen LogP contribution in [0.15, 0.2) is 24.4 Å². The molecule has 0 fully saturated rings. The molecule has 0 aliphatic rings. The molecule has 0 aromatic carbocycles. The number of amides is 2. The molecule has 0 bridgehead atoms. The van der Waals surface area contributed by atoms with E-state index in [0.717, 1.165) is 5.69 Å². The quantitative estimate of drug-likeness (QED) is 0.813. The zero-order valence-electron chi connectivity index (χ0n) is 12.2. The Kier molecular flexibility index (Phi) is 4.32. The highest BCUT2D eigenvalue weighted by atomic mass is 16.2. The molecular formula is C14H17N5O2. The Labute approximate surface area is 122 Å². The molecule has 0 spiro atoms. The smallest absolute Gasteiger partial charge is 0.313 e. The molecule has 21 heavy (non-hydrogen) atoms. The van der Waals surface area contributed by atoms with Gasteiger partial charge in [0.15, 0.2) is 0 Å². The normalized spacial score (nSPS) is 10.2. The number of aromatic nitrogens is 3. The van der Waals surface area contributed by atoms with E-state index in [0.29, 0.717) is 17.1 Å². The molecule has 7 heteroatoms. The first kappa shape index (κ1) is 14.7. The molecule has 0 radical (unpaired) electrons. The number of rotatable bonds is 3. The number of carbonyl (C=O) groups excluding carboxylic acids is 2. The Hall–Kier alpha value is -2.70. The van der Waals surface area contributed by atoms with Gasteiger partial charge in [0.2, 0.25) is 0 Å². The van der Waals surface area contributed by atoms with Crippen LogP contribution < -0.4 is 10.6 Å². The summed E-state index contributed by atoms with van der Waals surface area (Å²) in [6.45, 7) is 3.80. The molecule has 2 aromatic heterocycles. The van der Waals surface area contributed by atoms with Crippen molar-refractivity contribution in [2.45, 2.75) is 20.4 Å². The van der Waals surface area contributed by atoms with Gasteiger partial charge in [-0.15, -0.1) is 0 Å². The Balaban J connectivity index is 1.95. The Morgan fingerprint density at radius 3 is 2.57 bits per heavy atom. The van der Waals surface area contributed by atoms with E-state index in [2.05, 4.69) is 20.7 Å². The van der Waals surface area contributed by atoms with Gasteiger partial charge in [0.05, 0.1) is 29.3 Å². The number of hydrogen-bond donors (Lipinski definition) is 2. The third-order valence-corrected chi connectivity index (χ3v) is 3.11. The second kappa shape index (κ2) is 6.17. The van der Waals surface area contributed by atoms with Crippen molar-refractivity contribution in [1.29, 1.82) is 0 Å². The van der Waals surface area contributed by atoms with Crippen LogP contribution in [-0.2, 0) is 23.2 Å². The molecule has 0 aliphatic heterocycles. The highest BCUT2D eigenvalue weighted by molar-refractivity contribution is 6.39. The summed E-state index contributed by atoms with van der Waals surface area (Å²) in [5.74, 6) is -1.42. The van der Waals surface area contributed by atoms with Crippen molar-refractivity contribution in [2.75, 3.05) is 5.32 Å². The molecule has 0 atom stereocenters. The summed E-state index contributed by atoms with van der Waals surface area (Å²) in [6.07, 6.45) is 1.63. The van der Waals surface area contributed by atoms with E-state index in [-0.39, 0.29) is 6.54 Å². The average molecular weight is 287 g/mol. The first-order valence-electron chi connectivity index (χ1n) is 6.48. The average Bonchev–Trinajstić information content (AvgIpc) is 2.72. The fraction of sp³-hybridized carbons (Fsp3) is 0.286. The molecule has 2 heterocycles. The van der Waals surface area contributed by atoms with Gasteiger partial charge in [0, 0.05) is 13.2 Å².